The maximum Gasteiger partial charge on any atom is 0.282 e. The lowest BCUT2D eigenvalue weighted by atomic mass is 10.2. The van der Waals surface area contributed by atoms with E-state index < -0.39 is 0 Å². The number of aromatic nitrogens is 2. The average molecular weight is 369 g/mol. The number of aryl methyl sites for hydroxylation is 1. The van der Waals surface area contributed by atoms with Crippen LogP contribution in [0.5, 0.6) is 5.75 Å². The molecule has 0 aliphatic carbocycles. The molecule has 0 saturated heterocycles. The van der Waals surface area contributed by atoms with E-state index in [4.69, 9.17) is 4.74 Å². The van der Waals surface area contributed by atoms with Crippen molar-refractivity contribution >= 4 is 17.1 Å². The summed E-state index contributed by atoms with van der Waals surface area (Å²) in [6.07, 6.45) is 1.64. The Morgan fingerprint density at radius 3 is 2.46 bits per heavy atom. The highest BCUT2D eigenvalue weighted by molar-refractivity contribution is 5.80. The molecule has 1 heterocycles. The van der Waals surface area contributed by atoms with Gasteiger partial charge >= 0.3 is 0 Å². The Morgan fingerprint density at radius 1 is 0.964 bits per heavy atom. The number of rotatable bonds is 5. The molecule has 28 heavy (non-hydrogen) atoms. The van der Waals surface area contributed by atoms with Crippen molar-refractivity contribution in [2.75, 3.05) is 0 Å². The van der Waals surface area contributed by atoms with Gasteiger partial charge in [-0.25, -0.2) is 4.98 Å². The van der Waals surface area contributed by atoms with Crippen molar-refractivity contribution in [3.05, 3.63) is 106 Å². The molecule has 0 bridgehead atoms. The molecule has 0 saturated carbocycles. The third-order valence-corrected chi connectivity index (χ3v) is 4.37. The fourth-order valence-electron chi connectivity index (χ4n) is 2.89. The number of fused-ring (bicyclic) bond motifs is 1. The van der Waals surface area contributed by atoms with Crippen LogP contribution in [0, 0.1) is 6.92 Å². The minimum atomic E-state index is -0.179. The Labute approximate surface area is 162 Å². The molecular formula is C23H19N3O2. The summed E-state index contributed by atoms with van der Waals surface area (Å²) in [5.74, 6) is 1.32. The molecule has 0 atom stereocenters. The molecule has 4 aromatic rings. The van der Waals surface area contributed by atoms with Crippen LogP contribution < -0.4 is 10.3 Å². The molecule has 1 aromatic heterocycles. The summed E-state index contributed by atoms with van der Waals surface area (Å²) in [6, 6.07) is 24.9. The van der Waals surface area contributed by atoms with E-state index in [1.54, 1.807) is 19.2 Å². The van der Waals surface area contributed by atoms with Crippen LogP contribution in [0.2, 0.25) is 0 Å². The van der Waals surface area contributed by atoms with Crippen LogP contribution in [0.25, 0.3) is 10.9 Å². The Kier molecular flexibility index (Phi) is 4.97. The van der Waals surface area contributed by atoms with E-state index in [0.717, 1.165) is 16.9 Å². The van der Waals surface area contributed by atoms with Gasteiger partial charge in [0.2, 0.25) is 0 Å². The molecule has 0 spiro atoms. The van der Waals surface area contributed by atoms with Gasteiger partial charge in [0, 0.05) is 0 Å². The number of ether oxygens (including phenoxy) is 1. The number of para-hydroxylation sites is 1. The fourth-order valence-corrected chi connectivity index (χ4v) is 2.89. The molecule has 4 rings (SSSR count). The van der Waals surface area contributed by atoms with Gasteiger partial charge < -0.3 is 4.74 Å². The van der Waals surface area contributed by atoms with Crippen LogP contribution in [0.3, 0.4) is 0 Å². The first kappa shape index (κ1) is 17.7. The van der Waals surface area contributed by atoms with Gasteiger partial charge in [-0.05, 0) is 54.4 Å². The normalized spacial score (nSPS) is 11.2. The quantitative estimate of drug-likeness (QED) is 0.496. The van der Waals surface area contributed by atoms with E-state index in [1.165, 1.54) is 4.68 Å². The lowest BCUT2D eigenvalue weighted by Crippen LogP contribution is -2.20. The summed E-state index contributed by atoms with van der Waals surface area (Å²) in [6.45, 7) is 2.29. The Hall–Kier alpha value is -3.73. The third-order valence-electron chi connectivity index (χ3n) is 4.37. The molecule has 0 fully saturated rings. The predicted molar refractivity (Wildman–Crippen MR) is 111 cm³/mol. The van der Waals surface area contributed by atoms with Crippen molar-refractivity contribution in [1.82, 2.24) is 9.66 Å². The molecule has 0 N–H and O–H groups in total. The Morgan fingerprint density at radius 2 is 1.68 bits per heavy atom. The second kappa shape index (κ2) is 7.88. The summed E-state index contributed by atoms with van der Waals surface area (Å²) in [7, 11) is 0. The van der Waals surface area contributed by atoms with Crippen LogP contribution >= 0.6 is 0 Å². The van der Waals surface area contributed by atoms with E-state index in [-0.39, 0.29) is 5.56 Å². The highest BCUT2D eigenvalue weighted by atomic mass is 16.5. The molecule has 5 nitrogen and oxygen atoms in total. The second-order valence-corrected chi connectivity index (χ2v) is 6.38. The largest absolute Gasteiger partial charge is 0.489 e. The van der Waals surface area contributed by atoms with Gasteiger partial charge in [-0.3, -0.25) is 4.79 Å². The average Bonchev–Trinajstić information content (AvgIpc) is 2.74. The molecule has 0 amide bonds. The maximum atomic E-state index is 12.6. The monoisotopic (exact) mass is 369 g/mol. The summed E-state index contributed by atoms with van der Waals surface area (Å²) in [4.78, 5) is 17.1. The van der Waals surface area contributed by atoms with Gasteiger partial charge in [-0.1, -0.05) is 42.5 Å². The number of nitrogens with zero attached hydrogens (tertiary/aromatic N) is 3. The van der Waals surface area contributed by atoms with Gasteiger partial charge in [-0.2, -0.15) is 9.78 Å². The minimum absolute atomic E-state index is 0.179. The molecule has 138 valence electrons. The predicted octanol–water partition coefficient (Wildman–Crippen LogP) is 4.17. The second-order valence-electron chi connectivity index (χ2n) is 6.38. The third kappa shape index (κ3) is 3.83. The van der Waals surface area contributed by atoms with Crippen LogP contribution in [-0.4, -0.2) is 15.9 Å². The van der Waals surface area contributed by atoms with Crippen molar-refractivity contribution in [2.24, 2.45) is 5.10 Å². The van der Waals surface area contributed by atoms with Crippen molar-refractivity contribution in [1.29, 1.82) is 0 Å². The van der Waals surface area contributed by atoms with Gasteiger partial charge in [0.05, 0.1) is 17.1 Å². The van der Waals surface area contributed by atoms with E-state index in [0.29, 0.717) is 23.3 Å². The van der Waals surface area contributed by atoms with Gasteiger partial charge in [0.25, 0.3) is 5.56 Å². The van der Waals surface area contributed by atoms with Crippen LogP contribution in [0.15, 0.2) is 88.8 Å². The first-order valence-corrected chi connectivity index (χ1v) is 9.00. The molecule has 0 radical (unpaired) electrons. The Balaban J connectivity index is 1.51. The van der Waals surface area contributed by atoms with Crippen molar-refractivity contribution < 1.29 is 4.74 Å². The first-order valence-electron chi connectivity index (χ1n) is 9.00. The Bertz CT molecular complexity index is 1180. The lowest BCUT2D eigenvalue weighted by molar-refractivity contribution is 0.306. The van der Waals surface area contributed by atoms with Crippen molar-refractivity contribution in [3.8, 4) is 5.75 Å². The van der Waals surface area contributed by atoms with Crippen molar-refractivity contribution in [3.63, 3.8) is 0 Å². The SMILES string of the molecule is Cc1nc2ccccc2c(=O)n1/N=C/c1ccc(OCc2ccccc2)cc1. The minimum Gasteiger partial charge on any atom is -0.489 e. The van der Waals surface area contributed by atoms with Gasteiger partial charge in [-0.15, -0.1) is 0 Å². The van der Waals surface area contributed by atoms with E-state index in [2.05, 4.69) is 10.1 Å². The number of benzene rings is 3. The summed E-state index contributed by atoms with van der Waals surface area (Å²) in [5, 5.41) is 4.88. The van der Waals surface area contributed by atoms with E-state index >= 15 is 0 Å². The van der Waals surface area contributed by atoms with Crippen LogP contribution in [-0.2, 0) is 6.61 Å². The summed E-state index contributed by atoms with van der Waals surface area (Å²) < 4.78 is 7.11. The summed E-state index contributed by atoms with van der Waals surface area (Å²) in [5.41, 5.74) is 2.48. The zero-order valence-corrected chi connectivity index (χ0v) is 15.4. The molecule has 0 unspecified atom stereocenters. The van der Waals surface area contributed by atoms with Crippen LogP contribution in [0.1, 0.15) is 17.0 Å². The smallest absolute Gasteiger partial charge is 0.282 e. The topological polar surface area (TPSA) is 56.5 Å². The van der Waals surface area contributed by atoms with Crippen LogP contribution in [0.4, 0.5) is 0 Å². The summed E-state index contributed by atoms with van der Waals surface area (Å²) >= 11 is 0. The maximum absolute atomic E-state index is 12.6. The lowest BCUT2D eigenvalue weighted by Gasteiger charge is -2.07. The van der Waals surface area contributed by atoms with E-state index in [1.807, 2.05) is 72.8 Å². The molecule has 0 aliphatic heterocycles. The standard InChI is InChI=1S/C23H19N3O2/c1-17-25-22-10-6-5-9-21(22)23(27)26(17)24-15-18-11-13-20(14-12-18)28-16-19-7-3-2-4-8-19/h2-15H,16H2,1H3/b24-15+. The van der Waals surface area contributed by atoms with Crippen molar-refractivity contribution in [2.45, 2.75) is 13.5 Å². The zero-order valence-electron chi connectivity index (χ0n) is 15.4. The highest BCUT2D eigenvalue weighted by Gasteiger charge is 2.06. The fraction of sp³-hybridized carbons (Fsp3) is 0.0870. The molecule has 0 aliphatic rings. The zero-order chi connectivity index (χ0) is 19.3. The van der Waals surface area contributed by atoms with E-state index in [9.17, 15) is 4.79 Å². The molecule has 5 heteroatoms. The first-order chi connectivity index (χ1) is 13.7. The molecular weight excluding hydrogens is 350 g/mol. The van der Waals surface area contributed by atoms with Gasteiger partial charge in [0.1, 0.15) is 18.2 Å². The molecule has 3 aromatic carbocycles. The van der Waals surface area contributed by atoms with Gasteiger partial charge in [0.15, 0.2) is 0 Å². The number of hydrogen-bond acceptors (Lipinski definition) is 4. The highest BCUT2D eigenvalue weighted by Crippen LogP contribution is 2.14. The number of hydrogen-bond donors (Lipinski definition) is 0.